The molecule has 0 fully saturated rings. The van der Waals surface area contributed by atoms with Crippen molar-refractivity contribution in [3.05, 3.63) is 28.8 Å². The fraction of sp³-hybridized carbons (Fsp3) is 0.500. The molecule has 0 radical (unpaired) electrons. The van der Waals surface area contributed by atoms with Gasteiger partial charge in [-0.05, 0) is 18.2 Å². The van der Waals surface area contributed by atoms with Crippen LogP contribution in [0.15, 0.2) is 18.2 Å². The third-order valence-electron chi connectivity index (χ3n) is 2.16. The Morgan fingerprint density at radius 3 is 2.88 bits per heavy atom. The Bertz CT molecular complexity index is 336. The molecule has 1 rings (SSSR count). The fourth-order valence-electron chi connectivity index (χ4n) is 1.37. The van der Waals surface area contributed by atoms with Crippen molar-refractivity contribution in [3.8, 4) is 5.75 Å². The van der Waals surface area contributed by atoms with Crippen molar-refractivity contribution < 1.29 is 13.9 Å². The summed E-state index contributed by atoms with van der Waals surface area (Å²) >= 11 is 5.91. The second-order valence-corrected chi connectivity index (χ2v) is 3.90. The molecule has 0 heterocycles. The molecule has 5 heteroatoms. The molecule has 96 valence electrons. The summed E-state index contributed by atoms with van der Waals surface area (Å²) < 4.78 is 22.3. The van der Waals surface area contributed by atoms with Gasteiger partial charge >= 0.3 is 0 Å². The smallest absolute Gasteiger partial charge is 0.124 e. The Kier molecular flexibility index (Phi) is 6.93. The van der Waals surface area contributed by atoms with Crippen LogP contribution in [-0.2, 0) is 11.3 Å². The molecule has 0 aliphatic rings. The molecule has 0 spiro atoms. The number of benzene rings is 1. The van der Waals surface area contributed by atoms with Gasteiger partial charge in [0.05, 0.1) is 6.61 Å². The van der Waals surface area contributed by atoms with Gasteiger partial charge in [-0.1, -0.05) is 11.6 Å². The molecular weight excluding hydrogens is 245 g/mol. The van der Waals surface area contributed by atoms with Gasteiger partial charge < -0.3 is 14.8 Å². The summed E-state index contributed by atoms with van der Waals surface area (Å²) in [5, 5.41) is 3.83. The monoisotopic (exact) mass is 261 g/mol. The van der Waals surface area contributed by atoms with E-state index >= 15 is 0 Å². The highest BCUT2D eigenvalue weighted by Crippen LogP contribution is 2.22. The lowest BCUT2D eigenvalue weighted by molar-refractivity contribution is 0.199. The molecular formula is C12H17ClFNO2. The Labute approximate surface area is 106 Å². The first-order valence-electron chi connectivity index (χ1n) is 5.44. The van der Waals surface area contributed by atoms with Crippen molar-refractivity contribution >= 4 is 11.6 Å². The molecule has 0 amide bonds. The third kappa shape index (κ3) is 5.35. The summed E-state index contributed by atoms with van der Waals surface area (Å²) in [4.78, 5) is 0. The number of alkyl halides is 1. The fourth-order valence-corrected chi connectivity index (χ4v) is 1.57. The highest BCUT2D eigenvalue weighted by molar-refractivity contribution is 6.30. The molecule has 0 aliphatic heterocycles. The highest BCUT2D eigenvalue weighted by Gasteiger charge is 2.04. The first-order chi connectivity index (χ1) is 8.27. The molecule has 0 bridgehead atoms. The number of hydrogen-bond acceptors (Lipinski definition) is 3. The lowest BCUT2D eigenvalue weighted by atomic mass is 10.2. The van der Waals surface area contributed by atoms with E-state index in [1.165, 1.54) is 0 Å². The zero-order valence-corrected chi connectivity index (χ0v) is 10.6. The number of halogens is 2. The van der Waals surface area contributed by atoms with E-state index in [1.54, 1.807) is 19.2 Å². The predicted molar refractivity (Wildman–Crippen MR) is 66.5 cm³/mol. The molecule has 3 nitrogen and oxygen atoms in total. The quantitative estimate of drug-likeness (QED) is 0.729. The van der Waals surface area contributed by atoms with Gasteiger partial charge in [0.25, 0.3) is 0 Å². The molecule has 0 atom stereocenters. The van der Waals surface area contributed by atoms with Crippen LogP contribution in [0.25, 0.3) is 0 Å². The van der Waals surface area contributed by atoms with E-state index < -0.39 is 6.67 Å². The second-order valence-electron chi connectivity index (χ2n) is 3.46. The van der Waals surface area contributed by atoms with Gasteiger partial charge in [0.2, 0.25) is 0 Å². The standard InChI is InChI=1S/C12H17ClFNO2/c1-16-7-5-15-9-10-8-11(13)2-3-12(10)17-6-4-14/h2-3,8,15H,4-7,9H2,1H3. The summed E-state index contributed by atoms with van der Waals surface area (Å²) in [6.45, 7) is 1.56. The van der Waals surface area contributed by atoms with Crippen molar-refractivity contribution in [2.24, 2.45) is 0 Å². The van der Waals surface area contributed by atoms with Gasteiger partial charge in [0.1, 0.15) is 19.0 Å². The van der Waals surface area contributed by atoms with E-state index in [2.05, 4.69) is 5.32 Å². The molecule has 0 aliphatic carbocycles. The van der Waals surface area contributed by atoms with E-state index in [-0.39, 0.29) is 6.61 Å². The van der Waals surface area contributed by atoms with Gasteiger partial charge in [-0.2, -0.15) is 0 Å². The summed E-state index contributed by atoms with van der Waals surface area (Å²) in [7, 11) is 1.65. The summed E-state index contributed by atoms with van der Waals surface area (Å²) in [5.74, 6) is 0.664. The number of methoxy groups -OCH3 is 1. The first kappa shape index (κ1) is 14.2. The molecule has 0 saturated heterocycles. The van der Waals surface area contributed by atoms with Gasteiger partial charge in [-0.25, -0.2) is 4.39 Å². The minimum atomic E-state index is -0.501. The average Bonchev–Trinajstić information content (AvgIpc) is 2.33. The summed E-state index contributed by atoms with van der Waals surface area (Å²) in [5.41, 5.74) is 0.919. The van der Waals surface area contributed by atoms with Crippen molar-refractivity contribution in [1.82, 2.24) is 5.32 Å². The van der Waals surface area contributed by atoms with Crippen molar-refractivity contribution in [3.63, 3.8) is 0 Å². The molecule has 0 saturated carbocycles. The zero-order valence-electron chi connectivity index (χ0n) is 9.84. The highest BCUT2D eigenvalue weighted by atomic mass is 35.5. The maximum atomic E-state index is 12.1. The Hall–Kier alpha value is -0.840. The topological polar surface area (TPSA) is 30.5 Å². The van der Waals surface area contributed by atoms with E-state index in [0.29, 0.717) is 23.9 Å². The van der Waals surface area contributed by atoms with E-state index in [1.807, 2.05) is 6.07 Å². The SMILES string of the molecule is COCCNCc1cc(Cl)ccc1OCCF. The van der Waals surface area contributed by atoms with Crippen LogP contribution in [0.5, 0.6) is 5.75 Å². The van der Waals surface area contributed by atoms with Gasteiger partial charge in [0, 0.05) is 30.8 Å². The van der Waals surface area contributed by atoms with Crippen LogP contribution >= 0.6 is 11.6 Å². The molecule has 0 unspecified atom stereocenters. The maximum Gasteiger partial charge on any atom is 0.124 e. The molecule has 1 aromatic carbocycles. The summed E-state index contributed by atoms with van der Waals surface area (Å²) in [6, 6.07) is 5.30. The number of hydrogen-bond donors (Lipinski definition) is 1. The Morgan fingerprint density at radius 1 is 1.35 bits per heavy atom. The number of ether oxygens (including phenoxy) is 2. The molecule has 17 heavy (non-hydrogen) atoms. The summed E-state index contributed by atoms with van der Waals surface area (Å²) in [6.07, 6.45) is 0. The van der Waals surface area contributed by atoms with Crippen LogP contribution in [-0.4, -0.2) is 33.5 Å². The second kappa shape index (κ2) is 8.28. The largest absolute Gasteiger partial charge is 0.491 e. The number of nitrogens with one attached hydrogen (secondary N) is 1. The first-order valence-corrected chi connectivity index (χ1v) is 5.82. The van der Waals surface area contributed by atoms with Crippen molar-refractivity contribution in [2.75, 3.05) is 33.5 Å². The van der Waals surface area contributed by atoms with Crippen LogP contribution < -0.4 is 10.1 Å². The average molecular weight is 262 g/mol. The lowest BCUT2D eigenvalue weighted by Gasteiger charge is -2.11. The molecule has 1 aromatic rings. The van der Waals surface area contributed by atoms with Gasteiger partial charge in [0.15, 0.2) is 0 Å². The van der Waals surface area contributed by atoms with Crippen LogP contribution in [0.4, 0.5) is 4.39 Å². The van der Waals surface area contributed by atoms with Gasteiger partial charge in [-0.3, -0.25) is 0 Å². The third-order valence-corrected chi connectivity index (χ3v) is 2.39. The predicted octanol–water partition coefficient (Wildman–Crippen LogP) is 2.42. The normalized spacial score (nSPS) is 10.5. The van der Waals surface area contributed by atoms with E-state index in [9.17, 15) is 4.39 Å². The van der Waals surface area contributed by atoms with Gasteiger partial charge in [-0.15, -0.1) is 0 Å². The van der Waals surface area contributed by atoms with Crippen LogP contribution in [0.1, 0.15) is 5.56 Å². The Morgan fingerprint density at radius 2 is 2.18 bits per heavy atom. The lowest BCUT2D eigenvalue weighted by Crippen LogP contribution is -2.19. The van der Waals surface area contributed by atoms with Crippen LogP contribution in [0, 0.1) is 0 Å². The van der Waals surface area contributed by atoms with Crippen molar-refractivity contribution in [1.29, 1.82) is 0 Å². The Balaban J connectivity index is 2.56. The minimum Gasteiger partial charge on any atom is -0.491 e. The van der Waals surface area contributed by atoms with E-state index in [4.69, 9.17) is 21.1 Å². The molecule has 1 N–H and O–H groups in total. The van der Waals surface area contributed by atoms with E-state index in [0.717, 1.165) is 12.1 Å². The maximum absolute atomic E-state index is 12.1. The molecule has 0 aromatic heterocycles. The number of rotatable bonds is 8. The van der Waals surface area contributed by atoms with Crippen molar-refractivity contribution in [2.45, 2.75) is 6.54 Å². The van der Waals surface area contributed by atoms with Crippen LogP contribution in [0.3, 0.4) is 0 Å². The zero-order chi connectivity index (χ0) is 12.5. The minimum absolute atomic E-state index is 0.0622. The van der Waals surface area contributed by atoms with Crippen LogP contribution in [0.2, 0.25) is 5.02 Å².